The Hall–Kier alpha value is -3.09. The van der Waals surface area contributed by atoms with E-state index in [2.05, 4.69) is 19.5 Å². The minimum atomic E-state index is -4.52. The molecular formula is C14H14F3N5O4S. The Balaban J connectivity index is 2.19. The van der Waals surface area contributed by atoms with Gasteiger partial charge in [0.05, 0.1) is 11.8 Å². The number of nitrogens with two attached hydrogens (primary N) is 1. The first-order valence-corrected chi connectivity index (χ1v) is 8.98. The van der Waals surface area contributed by atoms with E-state index < -0.39 is 28.7 Å². The predicted octanol–water partition coefficient (Wildman–Crippen LogP) is 1.63. The van der Waals surface area contributed by atoms with E-state index in [1.165, 1.54) is 24.3 Å². The normalized spacial score (nSPS) is 11.7. The first-order valence-electron chi connectivity index (χ1n) is 7.17. The quantitative estimate of drug-likeness (QED) is 0.592. The molecule has 1 heterocycles. The highest BCUT2D eigenvalue weighted by Gasteiger charge is 2.28. The van der Waals surface area contributed by atoms with Crippen molar-refractivity contribution < 1.29 is 30.6 Å². The predicted molar refractivity (Wildman–Crippen MR) is 90.3 cm³/mol. The van der Waals surface area contributed by atoms with Gasteiger partial charge in [0.2, 0.25) is 5.95 Å². The minimum absolute atomic E-state index is 0.0700. The summed E-state index contributed by atoms with van der Waals surface area (Å²) < 4.78 is 63.9. The van der Waals surface area contributed by atoms with E-state index >= 15 is 0 Å². The second-order valence-corrected chi connectivity index (χ2v) is 6.80. The number of anilines is 3. The van der Waals surface area contributed by atoms with Crippen molar-refractivity contribution in [1.82, 2.24) is 9.97 Å². The molecule has 13 heteroatoms. The summed E-state index contributed by atoms with van der Waals surface area (Å²) in [5.74, 6) is -1.41. The number of alkyl halides is 3. The number of carbonyl (C=O) groups is 1. The summed E-state index contributed by atoms with van der Waals surface area (Å²) in [6.45, 7) is -1.42. The number of nitrogens with one attached hydrogen (secondary N) is 2. The average Bonchev–Trinajstić information content (AvgIpc) is 2.52. The summed E-state index contributed by atoms with van der Waals surface area (Å²) >= 11 is 0. The zero-order valence-corrected chi connectivity index (χ0v) is 14.6. The molecule has 0 atom stereocenters. The number of hydrogen-bond donors (Lipinski definition) is 3. The number of nitrogens with zero attached hydrogens (tertiary/aromatic N) is 2. The van der Waals surface area contributed by atoms with Crippen LogP contribution in [0.25, 0.3) is 0 Å². The Morgan fingerprint density at radius 2 is 1.89 bits per heavy atom. The lowest BCUT2D eigenvalue weighted by Crippen LogP contribution is -2.24. The van der Waals surface area contributed by atoms with Gasteiger partial charge in [-0.15, -0.1) is 0 Å². The topological polar surface area (TPSA) is 136 Å². The van der Waals surface area contributed by atoms with Gasteiger partial charge in [0.25, 0.3) is 5.91 Å². The van der Waals surface area contributed by atoms with Crippen LogP contribution in [0.4, 0.5) is 30.6 Å². The second-order valence-electron chi connectivity index (χ2n) is 5.23. The van der Waals surface area contributed by atoms with Crippen LogP contribution in [-0.4, -0.2) is 43.3 Å². The first-order chi connectivity index (χ1) is 12.4. The van der Waals surface area contributed by atoms with Crippen LogP contribution in [0.5, 0.6) is 5.75 Å². The number of rotatable bonds is 7. The largest absolute Gasteiger partial charge is 0.405 e. The highest BCUT2D eigenvalue weighted by molar-refractivity contribution is 7.86. The molecule has 27 heavy (non-hydrogen) atoms. The molecule has 0 aliphatic carbocycles. The lowest BCUT2D eigenvalue weighted by atomic mass is 10.3. The fourth-order valence-corrected chi connectivity index (χ4v) is 2.30. The van der Waals surface area contributed by atoms with Crippen molar-refractivity contribution in [2.75, 3.05) is 23.4 Å². The molecule has 0 saturated heterocycles. The van der Waals surface area contributed by atoms with E-state index in [9.17, 15) is 26.4 Å². The Kier molecular flexibility index (Phi) is 5.73. The van der Waals surface area contributed by atoms with Crippen molar-refractivity contribution in [2.45, 2.75) is 6.18 Å². The van der Waals surface area contributed by atoms with Crippen molar-refractivity contribution >= 4 is 33.5 Å². The maximum absolute atomic E-state index is 12.4. The van der Waals surface area contributed by atoms with Gasteiger partial charge >= 0.3 is 16.3 Å². The number of primary amides is 1. The van der Waals surface area contributed by atoms with Crippen LogP contribution in [0.1, 0.15) is 10.4 Å². The molecule has 1 aromatic heterocycles. The molecule has 146 valence electrons. The Morgan fingerprint density at radius 3 is 2.41 bits per heavy atom. The molecule has 2 aromatic rings. The second kappa shape index (κ2) is 7.65. The van der Waals surface area contributed by atoms with E-state index in [1.807, 2.05) is 5.32 Å². The van der Waals surface area contributed by atoms with E-state index in [-0.39, 0.29) is 23.1 Å². The van der Waals surface area contributed by atoms with Gasteiger partial charge in [0, 0.05) is 11.9 Å². The summed E-state index contributed by atoms with van der Waals surface area (Å²) in [5, 5.41) is 4.69. The monoisotopic (exact) mass is 405 g/mol. The summed E-state index contributed by atoms with van der Waals surface area (Å²) in [4.78, 5) is 18.9. The molecule has 0 fully saturated rings. The van der Waals surface area contributed by atoms with Gasteiger partial charge in [-0.05, 0) is 24.3 Å². The highest BCUT2D eigenvalue weighted by Crippen LogP contribution is 2.22. The SMILES string of the molecule is CS(=O)(=O)Oc1ccc(Nc2ncc(C(N)=O)c(NCC(F)(F)F)n2)cc1. The van der Waals surface area contributed by atoms with Crippen LogP contribution in [0.15, 0.2) is 30.5 Å². The summed E-state index contributed by atoms with van der Waals surface area (Å²) in [7, 11) is -3.67. The fraction of sp³-hybridized carbons (Fsp3) is 0.214. The molecule has 0 unspecified atom stereocenters. The number of benzene rings is 1. The summed E-state index contributed by atoms with van der Waals surface area (Å²) in [6, 6.07) is 5.58. The van der Waals surface area contributed by atoms with Crippen LogP contribution in [0.3, 0.4) is 0 Å². The van der Waals surface area contributed by atoms with E-state index in [1.54, 1.807) is 0 Å². The van der Waals surface area contributed by atoms with Crippen LogP contribution >= 0.6 is 0 Å². The van der Waals surface area contributed by atoms with E-state index in [4.69, 9.17) is 5.73 Å². The Labute approximate surface area is 151 Å². The molecule has 0 aliphatic heterocycles. The zero-order valence-electron chi connectivity index (χ0n) is 13.7. The zero-order chi connectivity index (χ0) is 20.2. The lowest BCUT2D eigenvalue weighted by molar-refractivity contribution is -0.115. The Morgan fingerprint density at radius 1 is 1.26 bits per heavy atom. The van der Waals surface area contributed by atoms with E-state index in [0.29, 0.717) is 5.69 Å². The molecule has 9 nitrogen and oxygen atoms in total. The van der Waals surface area contributed by atoms with Gasteiger partial charge in [-0.2, -0.15) is 26.6 Å². The molecule has 1 aromatic carbocycles. The van der Waals surface area contributed by atoms with Gasteiger partial charge in [-0.3, -0.25) is 4.79 Å². The molecule has 0 radical (unpaired) electrons. The molecule has 0 saturated carbocycles. The van der Waals surface area contributed by atoms with Crippen LogP contribution in [0, 0.1) is 0 Å². The Bertz CT molecular complexity index is 933. The third-order valence-electron chi connectivity index (χ3n) is 2.87. The molecule has 4 N–H and O–H groups in total. The molecule has 0 spiro atoms. The molecular weight excluding hydrogens is 391 g/mol. The van der Waals surface area contributed by atoms with Crippen molar-refractivity contribution in [3.63, 3.8) is 0 Å². The summed E-state index contributed by atoms with van der Waals surface area (Å²) in [5.41, 5.74) is 5.19. The molecule has 0 aliphatic rings. The number of aromatic nitrogens is 2. The maximum atomic E-state index is 12.4. The van der Waals surface area contributed by atoms with Crippen molar-refractivity contribution in [2.24, 2.45) is 5.73 Å². The number of hydrogen-bond acceptors (Lipinski definition) is 8. The van der Waals surface area contributed by atoms with Gasteiger partial charge in [0.1, 0.15) is 18.1 Å². The third kappa shape index (κ3) is 6.62. The summed E-state index contributed by atoms with van der Waals surface area (Å²) in [6.07, 6.45) is -2.65. The minimum Gasteiger partial charge on any atom is -0.383 e. The number of amides is 1. The maximum Gasteiger partial charge on any atom is 0.405 e. The van der Waals surface area contributed by atoms with Gasteiger partial charge in [-0.1, -0.05) is 0 Å². The number of carbonyl (C=O) groups excluding carboxylic acids is 1. The van der Waals surface area contributed by atoms with Crippen LogP contribution in [0.2, 0.25) is 0 Å². The lowest BCUT2D eigenvalue weighted by Gasteiger charge is -2.13. The fourth-order valence-electron chi connectivity index (χ4n) is 1.84. The smallest absolute Gasteiger partial charge is 0.383 e. The standard InChI is InChI=1S/C14H14F3N5O4S/c1-27(24,25)26-9-4-2-8(3-5-9)21-13-19-6-10(11(18)23)12(22-13)20-7-14(15,16)17/h2-6H,7H2,1H3,(H2,18,23)(H2,19,20,21,22). The van der Waals surface area contributed by atoms with Crippen molar-refractivity contribution in [1.29, 1.82) is 0 Å². The first kappa shape index (κ1) is 20.2. The van der Waals surface area contributed by atoms with Crippen molar-refractivity contribution in [3.8, 4) is 5.75 Å². The molecule has 0 bridgehead atoms. The van der Waals surface area contributed by atoms with E-state index in [0.717, 1.165) is 12.5 Å². The van der Waals surface area contributed by atoms with Crippen molar-refractivity contribution in [3.05, 3.63) is 36.0 Å². The highest BCUT2D eigenvalue weighted by atomic mass is 32.2. The molecule has 1 amide bonds. The third-order valence-corrected chi connectivity index (χ3v) is 3.36. The van der Waals surface area contributed by atoms with Gasteiger partial charge < -0.3 is 20.6 Å². The van der Waals surface area contributed by atoms with Gasteiger partial charge in [-0.25, -0.2) is 4.98 Å². The van der Waals surface area contributed by atoms with Gasteiger partial charge in [0.15, 0.2) is 0 Å². The van der Waals surface area contributed by atoms with Crippen LogP contribution < -0.4 is 20.6 Å². The average molecular weight is 405 g/mol. The number of halogens is 3. The van der Waals surface area contributed by atoms with Crippen LogP contribution in [-0.2, 0) is 10.1 Å². The molecule has 2 rings (SSSR count).